The Hall–Kier alpha value is 0.270. The van der Waals surface area contributed by atoms with Crippen molar-refractivity contribution < 1.29 is 5.11 Å². The van der Waals surface area contributed by atoms with Gasteiger partial charge in [0.2, 0.25) is 0 Å². The topological polar surface area (TPSA) is 32.3 Å². The molecule has 1 saturated heterocycles. The van der Waals surface area contributed by atoms with Gasteiger partial charge < -0.3 is 10.4 Å². The zero-order chi connectivity index (χ0) is 4.62. The van der Waals surface area contributed by atoms with Crippen LogP contribution in [-0.2, 0) is 0 Å². The number of aliphatic hydroxyl groups is 1. The van der Waals surface area contributed by atoms with Crippen LogP contribution >= 0.6 is 12.6 Å². The number of hydrogen-bond acceptors (Lipinski definition) is 3. The first-order chi connectivity index (χ1) is 2.71. The van der Waals surface area contributed by atoms with Crippen molar-refractivity contribution in [2.45, 2.75) is 4.93 Å². The highest BCUT2D eigenvalue weighted by atomic mass is 32.1. The molecule has 0 aromatic carbocycles. The van der Waals surface area contributed by atoms with Crippen molar-refractivity contribution in [2.75, 3.05) is 13.1 Å². The van der Waals surface area contributed by atoms with Crippen LogP contribution in [0.5, 0.6) is 0 Å². The lowest BCUT2D eigenvalue weighted by Gasteiger charge is -2.32. The van der Waals surface area contributed by atoms with Gasteiger partial charge in [0.05, 0.1) is 0 Å². The first-order valence-electron chi connectivity index (χ1n) is 1.86. The fraction of sp³-hybridized carbons (Fsp3) is 1.00. The van der Waals surface area contributed by atoms with Crippen LogP contribution in [-0.4, -0.2) is 23.1 Å². The quantitative estimate of drug-likeness (QED) is 0.278. The zero-order valence-corrected chi connectivity index (χ0v) is 4.20. The van der Waals surface area contributed by atoms with E-state index < -0.39 is 4.93 Å². The fourth-order valence-corrected chi connectivity index (χ4v) is 0.572. The van der Waals surface area contributed by atoms with E-state index >= 15 is 0 Å². The molecule has 0 aliphatic carbocycles. The molecule has 0 amide bonds. The molecule has 1 rings (SSSR count). The summed E-state index contributed by atoms with van der Waals surface area (Å²) in [6, 6.07) is 0. The highest BCUT2D eigenvalue weighted by Crippen LogP contribution is 2.12. The van der Waals surface area contributed by atoms with E-state index in [1.807, 2.05) is 0 Å². The predicted molar refractivity (Wildman–Crippen MR) is 26.8 cm³/mol. The van der Waals surface area contributed by atoms with Crippen molar-refractivity contribution in [3.8, 4) is 0 Å². The van der Waals surface area contributed by atoms with Gasteiger partial charge in [0.25, 0.3) is 0 Å². The van der Waals surface area contributed by atoms with Gasteiger partial charge in [-0.3, -0.25) is 0 Å². The van der Waals surface area contributed by atoms with E-state index in [9.17, 15) is 0 Å². The van der Waals surface area contributed by atoms with Gasteiger partial charge >= 0.3 is 0 Å². The van der Waals surface area contributed by atoms with Crippen LogP contribution in [0.15, 0.2) is 0 Å². The summed E-state index contributed by atoms with van der Waals surface area (Å²) in [5.74, 6) is 0. The van der Waals surface area contributed by atoms with Gasteiger partial charge in [-0.05, 0) is 0 Å². The molecule has 1 aliphatic rings. The van der Waals surface area contributed by atoms with E-state index in [1.165, 1.54) is 0 Å². The highest BCUT2D eigenvalue weighted by Gasteiger charge is 2.28. The Labute approximate surface area is 42.0 Å². The van der Waals surface area contributed by atoms with Crippen molar-refractivity contribution in [1.29, 1.82) is 0 Å². The summed E-state index contributed by atoms with van der Waals surface area (Å²) in [6.07, 6.45) is 0. The average Bonchev–Trinajstić information content (AvgIpc) is 1.32. The Bertz CT molecular complexity index is 57.8. The maximum atomic E-state index is 8.71. The highest BCUT2D eigenvalue weighted by molar-refractivity contribution is 7.81. The smallest absolute Gasteiger partial charge is 0.132 e. The van der Waals surface area contributed by atoms with E-state index in [0.29, 0.717) is 13.1 Å². The van der Waals surface area contributed by atoms with Gasteiger partial charge in [0.1, 0.15) is 4.93 Å². The monoisotopic (exact) mass is 105 g/mol. The van der Waals surface area contributed by atoms with Gasteiger partial charge in [-0.2, -0.15) is 0 Å². The SMILES string of the molecule is OC1(S)CNC1. The molecule has 0 saturated carbocycles. The molecule has 0 radical (unpaired) electrons. The third kappa shape index (κ3) is 0.668. The van der Waals surface area contributed by atoms with E-state index in [2.05, 4.69) is 17.9 Å². The number of hydrogen-bond donors (Lipinski definition) is 3. The molecule has 0 aromatic rings. The van der Waals surface area contributed by atoms with E-state index in [4.69, 9.17) is 5.11 Å². The molecule has 2 N–H and O–H groups in total. The maximum Gasteiger partial charge on any atom is 0.132 e. The Morgan fingerprint density at radius 2 is 2.00 bits per heavy atom. The van der Waals surface area contributed by atoms with Crippen molar-refractivity contribution in [1.82, 2.24) is 5.32 Å². The second-order valence-corrected chi connectivity index (χ2v) is 2.42. The Morgan fingerprint density at radius 1 is 1.67 bits per heavy atom. The van der Waals surface area contributed by atoms with Crippen molar-refractivity contribution >= 4 is 12.6 Å². The molecule has 0 unspecified atom stereocenters. The van der Waals surface area contributed by atoms with Crippen LogP contribution in [0.4, 0.5) is 0 Å². The Balaban J connectivity index is 2.31. The van der Waals surface area contributed by atoms with Gasteiger partial charge in [0.15, 0.2) is 0 Å². The van der Waals surface area contributed by atoms with Crippen molar-refractivity contribution in [2.24, 2.45) is 0 Å². The summed E-state index contributed by atoms with van der Waals surface area (Å²) >= 11 is 3.83. The lowest BCUT2D eigenvalue weighted by Crippen LogP contribution is -2.55. The molecular weight excluding hydrogens is 98.1 g/mol. The normalized spacial score (nSPS) is 29.0. The second kappa shape index (κ2) is 1.12. The molecular formula is C3H7NOS. The third-order valence-corrected chi connectivity index (χ3v) is 1.13. The fourth-order valence-electron chi connectivity index (χ4n) is 0.349. The van der Waals surface area contributed by atoms with Crippen molar-refractivity contribution in [3.05, 3.63) is 0 Å². The van der Waals surface area contributed by atoms with Gasteiger partial charge in [-0.15, -0.1) is 12.6 Å². The largest absolute Gasteiger partial charge is 0.377 e. The van der Waals surface area contributed by atoms with E-state index in [1.54, 1.807) is 0 Å². The first kappa shape index (κ1) is 4.43. The van der Waals surface area contributed by atoms with Crippen LogP contribution in [0.2, 0.25) is 0 Å². The zero-order valence-electron chi connectivity index (χ0n) is 3.31. The predicted octanol–water partition coefficient (Wildman–Crippen LogP) is -0.792. The Kier molecular flexibility index (Phi) is 0.825. The van der Waals surface area contributed by atoms with Crippen LogP contribution in [0.3, 0.4) is 0 Å². The van der Waals surface area contributed by atoms with Crippen molar-refractivity contribution in [3.63, 3.8) is 0 Å². The molecule has 0 atom stereocenters. The minimum Gasteiger partial charge on any atom is -0.377 e. The Morgan fingerprint density at radius 3 is 2.00 bits per heavy atom. The van der Waals surface area contributed by atoms with Crippen LogP contribution in [0, 0.1) is 0 Å². The van der Waals surface area contributed by atoms with Crippen LogP contribution < -0.4 is 5.32 Å². The molecule has 0 spiro atoms. The van der Waals surface area contributed by atoms with E-state index in [-0.39, 0.29) is 0 Å². The molecule has 1 aliphatic heterocycles. The van der Waals surface area contributed by atoms with Gasteiger partial charge in [0, 0.05) is 13.1 Å². The summed E-state index contributed by atoms with van der Waals surface area (Å²) in [5, 5.41) is 11.6. The average molecular weight is 105 g/mol. The summed E-state index contributed by atoms with van der Waals surface area (Å²) < 4.78 is 0. The minimum absolute atomic E-state index is 0.621. The summed E-state index contributed by atoms with van der Waals surface area (Å²) in [6.45, 7) is 1.24. The standard InChI is InChI=1S/C3H7NOS/c5-3(6)1-4-2-3/h4-6H,1-2H2. The molecule has 0 bridgehead atoms. The molecule has 1 heterocycles. The second-order valence-electron chi connectivity index (χ2n) is 1.59. The number of β-amino-alcohol motifs (C(OH)–C–C–N with tert-alkyl or cyclic N) is 1. The maximum absolute atomic E-state index is 8.71. The number of thiol groups is 1. The molecule has 3 heteroatoms. The van der Waals surface area contributed by atoms with Gasteiger partial charge in [-0.1, -0.05) is 0 Å². The number of nitrogens with one attached hydrogen (secondary N) is 1. The molecule has 2 nitrogen and oxygen atoms in total. The summed E-state index contributed by atoms with van der Waals surface area (Å²) in [4.78, 5) is -0.694. The molecule has 36 valence electrons. The van der Waals surface area contributed by atoms with Crippen LogP contribution in [0.1, 0.15) is 0 Å². The molecule has 1 fully saturated rings. The van der Waals surface area contributed by atoms with Crippen LogP contribution in [0.25, 0.3) is 0 Å². The molecule has 6 heavy (non-hydrogen) atoms. The lowest BCUT2D eigenvalue weighted by molar-refractivity contribution is 0.0834. The van der Waals surface area contributed by atoms with E-state index in [0.717, 1.165) is 0 Å². The lowest BCUT2D eigenvalue weighted by atomic mass is 10.2. The summed E-state index contributed by atoms with van der Waals surface area (Å²) in [7, 11) is 0. The summed E-state index contributed by atoms with van der Waals surface area (Å²) in [5.41, 5.74) is 0. The molecule has 0 aromatic heterocycles. The third-order valence-electron chi connectivity index (χ3n) is 0.816. The van der Waals surface area contributed by atoms with Gasteiger partial charge in [-0.25, -0.2) is 0 Å². The minimum atomic E-state index is -0.694. The first-order valence-corrected chi connectivity index (χ1v) is 2.31. The number of rotatable bonds is 0.